The van der Waals surface area contributed by atoms with E-state index >= 15 is 0 Å². The molecule has 3 atom stereocenters. The quantitative estimate of drug-likeness (QED) is 0.291. The van der Waals surface area contributed by atoms with Gasteiger partial charge < -0.3 is 24.8 Å². The average Bonchev–Trinajstić information content (AvgIpc) is 3.46. The fourth-order valence-electron chi connectivity index (χ4n) is 7.19. The Bertz CT molecular complexity index is 1780. The van der Waals surface area contributed by atoms with Crippen molar-refractivity contribution in [1.82, 2.24) is 0 Å². The van der Waals surface area contributed by atoms with E-state index in [1.807, 2.05) is 48.5 Å². The van der Waals surface area contributed by atoms with Gasteiger partial charge in [-0.3, -0.25) is 14.4 Å². The molecule has 0 unspecified atom stereocenters. The van der Waals surface area contributed by atoms with Gasteiger partial charge in [0.15, 0.2) is 11.4 Å². The summed E-state index contributed by atoms with van der Waals surface area (Å²) in [5, 5.41) is 34.1. The normalized spacial score (nSPS) is 24.1. The van der Waals surface area contributed by atoms with Crippen LogP contribution in [0.15, 0.2) is 77.6 Å². The topological polar surface area (TPSA) is 130 Å². The highest BCUT2D eigenvalue weighted by molar-refractivity contribution is 6.33. The monoisotopic (exact) mass is 578 g/mol. The number of fused-ring (bicyclic) bond motifs is 4. The molecule has 1 saturated carbocycles. The zero-order valence-electron chi connectivity index (χ0n) is 23.6. The number of phenolic OH excluding ortho intramolecular Hbond substituents is 1. The number of hydrogen-bond acceptors (Lipinski definition) is 8. The van der Waals surface area contributed by atoms with Gasteiger partial charge >= 0.3 is 0 Å². The van der Waals surface area contributed by atoms with Crippen molar-refractivity contribution in [2.75, 3.05) is 6.61 Å². The molecule has 0 saturated heterocycles. The van der Waals surface area contributed by atoms with Crippen molar-refractivity contribution in [2.45, 2.75) is 44.8 Å². The largest absolute Gasteiger partial charge is 0.507 e. The summed E-state index contributed by atoms with van der Waals surface area (Å²) in [6, 6.07) is 18.5. The van der Waals surface area contributed by atoms with E-state index in [9.17, 15) is 29.7 Å². The zero-order chi connectivity index (χ0) is 30.0. The number of phenols is 1. The third-order valence-electron chi connectivity index (χ3n) is 9.29. The molecule has 0 spiro atoms. The molecule has 0 bridgehead atoms. The number of aliphatic hydroxyl groups is 2. The predicted octanol–water partition coefficient (Wildman–Crippen LogP) is 4.79. The average molecular weight is 579 g/mol. The number of allylic oxidation sites excluding steroid dienone is 1. The molecule has 0 aromatic heterocycles. The molecule has 1 fully saturated rings. The lowest BCUT2D eigenvalue weighted by atomic mass is 9.58. The minimum atomic E-state index is -2.53. The Balaban J connectivity index is 1.29. The molecule has 3 aromatic rings. The highest BCUT2D eigenvalue weighted by Crippen LogP contribution is 2.53. The minimum Gasteiger partial charge on any atom is -0.507 e. The number of carbonyl (C=O) groups is 3. The highest BCUT2D eigenvalue weighted by atomic mass is 16.5. The molecule has 4 aliphatic rings. The van der Waals surface area contributed by atoms with E-state index in [0.29, 0.717) is 18.6 Å². The molecule has 218 valence electrons. The van der Waals surface area contributed by atoms with Gasteiger partial charge in [0.1, 0.15) is 35.2 Å². The summed E-state index contributed by atoms with van der Waals surface area (Å²) in [7, 11) is 0. The van der Waals surface area contributed by atoms with Crippen LogP contribution in [0, 0.1) is 11.8 Å². The second-order valence-corrected chi connectivity index (χ2v) is 11.8. The summed E-state index contributed by atoms with van der Waals surface area (Å²) in [5.41, 5.74) is 1.42. The lowest BCUT2D eigenvalue weighted by Gasteiger charge is -2.46. The van der Waals surface area contributed by atoms with E-state index < -0.39 is 40.5 Å². The van der Waals surface area contributed by atoms with Gasteiger partial charge in [-0.15, -0.1) is 0 Å². The Labute approximate surface area is 247 Å². The third-order valence-corrected chi connectivity index (χ3v) is 9.29. The highest BCUT2D eigenvalue weighted by Gasteiger charge is 2.61. The summed E-state index contributed by atoms with van der Waals surface area (Å²) >= 11 is 0. The first kappa shape index (κ1) is 27.2. The molecule has 1 heterocycles. The van der Waals surface area contributed by atoms with E-state index in [1.54, 1.807) is 6.07 Å². The van der Waals surface area contributed by atoms with Gasteiger partial charge in [-0.05, 0) is 65.6 Å². The van der Waals surface area contributed by atoms with Crippen molar-refractivity contribution in [3.63, 3.8) is 0 Å². The second-order valence-electron chi connectivity index (χ2n) is 11.8. The summed E-state index contributed by atoms with van der Waals surface area (Å²) in [6.07, 6.45) is 1.34. The van der Waals surface area contributed by atoms with Crippen LogP contribution in [0.2, 0.25) is 0 Å². The zero-order valence-corrected chi connectivity index (χ0v) is 23.6. The molecule has 3 aliphatic carbocycles. The molecule has 8 nitrogen and oxygen atoms in total. The Morgan fingerprint density at radius 1 is 1.02 bits per heavy atom. The van der Waals surface area contributed by atoms with Crippen molar-refractivity contribution in [1.29, 1.82) is 0 Å². The van der Waals surface area contributed by atoms with Gasteiger partial charge in [0.2, 0.25) is 11.6 Å². The van der Waals surface area contributed by atoms with Crippen LogP contribution in [-0.4, -0.2) is 44.9 Å². The molecule has 3 aromatic carbocycles. The van der Waals surface area contributed by atoms with Crippen LogP contribution < -0.4 is 4.74 Å². The van der Waals surface area contributed by atoms with Crippen LogP contribution in [0.25, 0.3) is 16.9 Å². The van der Waals surface area contributed by atoms with Crippen molar-refractivity contribution < 1.29 is 39.2 Å². The molecule has 3 N–H and O–H groups in total. The Morgan fingerprint density at radius 3 is 2.58 bits per heavy atom. The van der Waals surface area contributed by atoms with Gasteiger partial charge in [0.25, 0.3) is 0 Å². The van der Waals surface area contributed by atoms with Crippen molar-refractivity contribution in [3.8, 4) is 22.6 Å². The molecule has 0 amide bonds. The molecular formula is C35H30O8. The predicted molar refractivity (Wildman–Crippen MR) is 156 cm³/mol. The van der Waals surface area contributed by atoms with Crippen LogP contribution in [0.5, 0.6) is 11.5 Å². The maximum atomic E-state index is 14.0. The Kier molecular flexibility index (Phi) is 6.29. The number of benzene rings is 3. The van der Waals surface area contributed by atoms with Crippen LogP contribution in [-0.2, 0) is 38.6 Å². The van der Waals surface area contributed by atoms with Crippen molar-refractivity contribution in [3.05, 3.63) is 99.8 Å². The molecule has 43 heavy (non-hydrogen) atoms. The number of carbonyl (C=O) groups excluding carboxylic acids is 3. The first-order valence-corrected chi connectivity index (χ1v) is 14.5. The molecule has 1 aliphatic heterocycles. The maximum absolute atomic E-state index is 14.0. The van der Waals surface area contributed by atoms with E-state index in [-0.39, 0.29) is 47.7 Å². The fraction of sp³-hybridized carbons (Fsp3) is 0.286. The van der Waals surface area contributed by atoms with E-state index in [1.165, 1.54) is 13.0 Å². The third kappa shape index (κ3) is 4.12. The first-order chi connectivity index (χ1) is 20.7. The lowest BCUT2D eigenvalue weighted by molar-refractivity contribution is -0.158. The SMILES string of the molecule is CC(=O)C1=C(OCc2ccccc2)C[C@@H]2C[C@@H]3Cc4c(-c5ccc6c(c5)OCC6)ccc(O)c4C(O)=C3C(=O)[C@]2(O)C1=O. The second kappa shape index (κ2) is 9.95. The minimum absolute atomic E-state index is 0.0161. The van der Waals surface area contributed by atoms with E-state index in [2.05, 4.69) is 0 Å². The maximum Gasteiger partial charge on any atom is 0.209 e. The Morgan fingerprint density at radius 2 is 1.81 bits per heavy atom. The lowest BCUT2D eigenvalue weighted by Crippen LogP contribution is -2.61. The number of ether oxygens (including phenoxy) is 2. The van der Waals surface area contributed by atoms with E-state index in [4.69, 9.17) is 9.47 Å². The van der Waals surface area contributed by atoms with Crippen LogP contribution in [0.1, 0.15) is 42.0 Å². The van der Waals surface area contributed by atoms with Crippen molar-refractivity contribution >= 4 is 23.1 Å². The fourth-order valence-corrected chi connectivity index (χ4v) is 7.19. The van der Waals surface area contributed by atoms with Gasteiger partial charge in [-0.2, -0.15) is 0 Å². The summed E-state index contributed by atoms with van der Waals surface area (Å²) in [5.74, 6) is -3.65. The number of ketones is 3. The van der Waals surface area contributed by atoms with Crippen molar-refractivity contribution in [2.24, 2.45) is 11.8 Å². The van der Waals surface area contributed by atoms with Gasteiger partial charge in [-0.25, -0.2) is 0 Å². The molecule has 7 rings (SSSR count). The number of hydrogen-bond donors (Lipinski definition) is 3. The standard InChI is InChI=1S/C35H30O8/c1-18(36)29-28(43-17-19-5-3-2-4-6-19)16-23-13-22-14-25-24(21-8-7-20-11-12-42-27(20)15-21)9-10-26(37)31(25)32(38)30(22)34(40)35(23,41)33(29)39/h2-10,15,22-23,37-38,41H,11-14,16-17H2,1H3/t22-,23+,35-/m1/s1. The van der Waals surface area contributed by atoms with Crippen LogP contribution >= 0.6 is 0 Å². The molecule has 0 radical (unpaired) electrons. The van der Waals surface area contributed by atoms with Crippen LogP contribution in [0.4, 0.5) is 0 Å². The summed E-state index contributed by atoms with van der Waals surface area (Å²) < 4.78 is 11.8. The Hall–Kier alpha value is -4.69. The van der Waals surface area contributed by atoms with E-state index in [0.717, 1.165) is 34.4 Å². The summed E-state index contributed by atoms with van der Waals surface area (Å²) in [4.78, 5) is 40.5. The number of aromatic hydroxyl groups is 1. The van der Waals surface area contributed by atoms with Gasteiger partial charge in [-0.1, -0.05) is 48.5 Å². The smallest absolute Gasteiger partial charge is 0.209 e. The number of rotatable bonds is 5. The molecular weight excluding hydrogens is 548 g/mol. The number of Topliss-reactive ketones (excluding diaryl/α,β-unsaturated/α-hetero) is 3. The van der Waals surface area contributed by atoms with Gasteiger partial charge in [0, 0.05) is 24.3 Å². The summed E-state index contributed by atoms with van der Waals surface area (Å²) in [6.45, 7) is 1.94. The molecule has 8 heteroatoms. The number of aliphatic hydroxyl groups excluding tert-OH is 1. The first-order valence-electron chi connectivity index (χ1n) is 14.5. The van der Waals surface area contributed by atoms with Gasteiger partial charge in [0.05, 0.1) is 12.2 Å². The van der Waals surface area contributed by atoms with Crippen LogP contribution in [0.3, 0.4) is 0 Å².